The van der Waals surface area contributed by atoms with Crippen molar-refractivity contribution in [3.8, 4) is 0 Å². The zero-order chi connectivity index (χ0) is 16.4. The first-order valence-corrected chi connectivity index (χ1v) is 6.74. The number of aryl methyl sites for hydroxylation is 1. The predicted molar refractivity (Wildman–Crippen MR) is 82.3 cm³/mol. The number of ether oxygens (including phenoxy) is 1. The maximum Gasteiger partial charge on any atom is 0.328 e. The van der Waals surface area contributed by atoms with Gasteiger partial charge < -0.3 is 20.9 Å². The molecule has 0 amide bonds. The van der Waals surface area contributed by atoms with Gasteiger partial charge >= 0.3 is 11.9 Å². The third kappa shape index (κ3) is 7.31. The summed E-state index contributed by atoms with van der Waals surface area (Å²) in [4.78, 5) is 20.7. The summed E-state index contributed by atoms with van der Waals surface area (Å²) in [5.41, 5.74) is 7.93. The summed E-state index contributed by atoms with van der Waals surface area (Å²) in [6, 6.07) is 5.68. The summed E-state index contributed by atoms with van der Waals surface area (Å²) in [6.45, 7) is 7.84. The van der Waals surface area contributed by atoms with E-state index in [1.807, 2.05) is 26.0 Å². The summed E-state index contributed by atoms with van der Waals surface area (Å²) < 4.78 is 4.94. The van der Waals surface area contributed by atoms with Crippen LogP contribution in [0.4, 0.5) is 5.69 Å². The molecule has 0 heterocycles. The molecule has 0 aliphatic rings. The van der Waals surface area contributed by atoms with E-state index in [1.54, 1.807) is 6.92 Å². The highest BCUT2D eigenvalue weighted by Crippen LogP contribution is 2.18. The Bertz CT molecular complexity index is 475. The number of carbonyl (C=O) groups excluding carboxylic acids is 1. The molecule has 1 atom stereocenters. The van der Waals surface area contributed by atoms with Gasteiger partial charge in [-0.05, 0) is 44.9 Å². The number of nitrogens with two attached hydrogens (primary N) is 1. The van der Waals surface area contributed by atoms with Crippen molar-refractivity contribution in [2.24, 2.45) is 5.73 Å². The minimum absolute atomic E-state index is 0.219. The van der Waals surface area contributed by atoms with E-state index in [-0.39, 0.29) is 18.6 Å². The second kappa shape index (κ2) is 9.77. The lowest BCUT2D eigenvalue weighted by molar-refractivity contribution is -0.143. The first kappa shape index (κ1) is 18.9. The molecule has 0 radical (unpaired) electrons. The van der Waals surface area contributed by atoms with E-state index in [0.29, 0.717) is 6.61 Å². The molecule has 0 aromatic heterocycles. The lowest BCUT2D eigenvalue weighted by Crippen LogP contribution is -2.28. The highest BCUT2D eigenvalue weighted by molar-refractivity contribution is 5.79. The first-order valence-electron chi connectivity index (χ1n) is 6.74. The van der Waals surface area contributed by atoms with Crippen molar-refractivity contribution in [3.05, 3.63) is 29.3 Å². The van der Waals surface area contributed by atoms with Gasteiger partial charge in [-0.15, -0.1) is 0 Å². The van der Waals surface area contributed by atoms with Gasteiger partial charge in [0.1, 0.15) is 6.04 Å². The molecule has 0 spiro atoms. The maximum absolute atomic E-state index is 11.5. The lowest BCUT2D eigenvalue weighted by Gasteiger charge is -2.16. The van der Waals surface area contributed by atoms with Crippen LogP contribution in [0.1, 0.15) is 25.0 Å². The van der Waals surface area contributed by atoms with Crippen molar-refractivity contribution in [2.75, 3.05) is 18.5 Å². The van der Waals surface area contributed by atoms with Gasteiger partial charge in [0.15, 0.2) is 0 Å². The molecule has 21 heavy (non-hydrogen) atoms. The number of carboxylic acid groups (broad SMARTS) is 1. The van der Waals surface area contributed by atoms with Gasteiger partial charge in [0.2, 0.25) is 0 Å². The van der Waals surface area contributed by atoms with Crippen LogP contribution in [0.3, 0.4) is 0 Å². The summed E-state index contributed by atoms with van der Waals surface area (Å²) in [5, 5.41) is 10.8. The molecule has 6 nitrogen and oxygen atoms in total. The molecule has 0 aliphatic carbocycles. The Balaban J connectivity index is 0.000000690. The van der Waals surface area contributed by atoms with Crippen molar-refractivity contribution in [1.29, 1.82) is 0 Å². The van der Waals surface area contributed by atoms with Crippen molar-refractivity contribution in [2.45, 2.75) is 33.7 Å². The van der Waals surface area contributed by atoms with E-state index >= 15 is 0 Å². The number of hydrogen-bond donors (Lipinski definition) is 3. The number of nitrogens with one attached hydrogen (secondary N) is 1. The lowest BCUT2D eigenvalue weighted by atomic mass is 10.1. The van der Waals surface area contributed by atoms with Crippen molar-refractivity contribution >= 4 is 17.6 Å². The standard InChI is InChI=1S/C13H19NO2.C2H5NO2/c1-5-16-13(15)11(4)14-12-8-6-7-9(2)10(12)3;3-1-2(4)5/h6-8,11,14H,5H2,1-4H3;1,3H2,(H,4,5)/t11-;/m0./s1. The Morgan fingerprint density at radius 1 is 1.38 bits per heavy atom. The van der Waals surface area contributed by atoms with E-state index in [1.165, 1.54) is 11.1 Å². The third-order valence-electron chi connectivity index (χ3n) is 2.79. The molecule has 118 valence electrons. The molecule has 0 saturated heterocycles. The van der Waals surface area contributed by atoms with Crippen LogP contribution in [-0.2, 0) is 14.3 Å². The van der Waals surface area contributed by atoms with Crippen molar-refractivity contribution in [1.82, 2.24) is 0 Å². The molecule has 1 aromatic carbocycles. The van der Waals surface area contributed by atoms with Gasteiger partial charge in [-0.3, -0.25) is 4.79 Å². The number of anilines is 1. The van der Waals surface area contributed by atoms with Gasteiger partial charge in [-0.25, -0.2) is 4.79 Å². The topological polar surface area (TPSA) is 102 Å². The number of carbonyl (C=O) groups is 2. The largest absolute Gasteiger partial charge is 0.480 e. The molecule has 0 fully saturated rings. The molecule has 0 unspecified atom stereocenters. The minimum atomic E-state index is -0.968. The highest BCUT2D eigenvalue weighted by atomic mass is 16.5. The Kier molecular flexibility index (Phi) is 8.80. The molecule has 6 heteroatoms. The Labute approximate surface area is 125 Å². The van der Waals surface area contributed by atoms with Gasteiger partial charge in [-0.2, -0.15) is 0 Å². The van der Waals surface area contributed by atoms with Crippen LogP contribution in [0, 0.1) is 13.8 Å². The van der Waals surface area contributed by atoms with Crippen molar-refractivity contribution in [3.63, 3.8) is 0 Å². The minimum Gasteiger partial charge on any atom is -0.480 e. The van der Waals surface area contributed by atoms with Gasteiger partial charge in [0, 0.05) is 5.69 Å². The van der Waals surface area contributed by atoms with E-state index in [0.717, 1.165) is 5.69 Å². The van der Waals surface area contributed by atoms with Crippen LogP contribution in [0.5, 0.6) is 0 Å². The van der Waals surface area contributed by atoms with E-state index in [9.17, 15) is 9.59 Å². The SMILES string of the molecule is CCOC(=O)[C@H](C)Nc1cccc(C)c1C.NCC(=O)O. The first-order chi connectivity index (χ1) is 9.83. The fraction of sp³-hybridized carbons (Fsp3) is 0.467. The van der Waals surface area contributed by atoms with Crippen LogP contribution in [0.25, 0.3) is 0 Å². The monoisotopic (exact) mass is 296 g/mol. The number of carboxylic acids is 1. The molecule has 0 saturated carbocycles. The zero-order valence-electron chi connectivity index (χ0n) is 13.0. The smallest absolute Gasteiger partial charge is 0.328 e. The van der Waals surface area contributed by atoms with Crippen LogP contribution in [0.2, 0.25) is 0 Å². The fourth-order valence-corrected chi connectivity index (χ4v) is 1.47. The number of aliphatic carboxylic acids is 1. The average molecular weight is 296 g/mol. The molecule has 0 aliphatic heterocycles. The second-order valence-electron chi connectivity index (χ2n) is 4.46. The molecule has 1 aromatic rings. The van der Waals surface area contributed by atoms with Gasteiger partial charge in [0.25, 0.3) is 0 Å². The zero-order valence-corrected chi connectivity index (χ0v) is 13.0. The van der Waals surface area contributed by atoms with Crippen LogP contribution in [-0.4, -0.2) is 36.2 Å². The summed E-state index contributed by atoms with van der Waals surface area (Å²) in [5.74, 6) is -1.19. The van der Waals surface area contributed by atoms with E-state index < -0.39 is 5.97 Å². The summed E-state index contributed by atoms with van der Waals surface area (Å²) >= 11 is 0. The average Bonchev–Trinajstić information content (AvgIpc) is 2.44. The Morgan fingerprint density at radius 2 is 1.95 bits per heavy atom. The number of hydrogen-bond acceptors (Lipinski definition) is 5. The quantitative estimate of drug-likeness (QED) is 0.715. The maximum atomic E-state index is 11.5. The fourth-order valence-electron chi connectivity index (χ4n) is 1.47. The Morgan fingerprint density at radius 3 is 2.43 bits per heavy atom. The van der Waals surface area contributed by atoms with Crippen LogP contribution >= 0.6 is 0 Å². The van der Waals surface area contributed by atoms with E-state index in [2.05, 4.69) is 24.0 Å². The Hall–Kier alpha value is -2.08. The molecule has 1 rings (SSSR count). The molecule has 0 bridgehead atoms. The van der Waals surface area contributed by atoms with Crippen LogP contribution in [0.15, 0.2) is 18.2 Å². The van der Waals surface area contributed by atoms with Crippen LogP contribution < -0.4 is 11.1 Å². The van der Waals surface area contributed by atoms with E-state index in [4.69, 9.17) is 9.84 Å². The normalized spacial score (nSPS) is 10.9. The molecular weight excluding hydrogens is 272 g/mol. The molecular formula is C15H24N2O4. The predicted octanol–water partition coefficient (Wildman–Crippen LogP) is 1.70. The van der Waals surface area contributed by atoms with Gasteiger partial charge in [0.05, 0.1) is 13.2 Å². The summed E-state index contributed by atoms with van der Waals surface area (Å²) in [7, 11) is 0. The third-order valence-corrected chi connectivity index (χ3v) is 2.79. The number of rotatable bonds is 5. The van der Waals surface area contributed by atoms with Gasteiger partial charge in [-0.1, -0.05) is 12.1 Å². The van der Waals surface area contributed by atoms with Crippen molar-refractivity contribution < 1.29 is 19.4 Å². The number of esters is 1. The number of benzene rings is 1. The second-order valence-corrected chi connectivity index (χ2v) is 4.46. The highest BCUT2D eigenvalue weighted by Gasteiger charge is 2.14. The summed E-state index contributed by atoms with van der Waals surface area (Å²) in [6.07, 6.45) is 0. The molecule has 4 N–H and O–H groups in total.